The molecule has 214 valence electrons. The average Bonchev–Trinajstić information content (AvgIpc) is 2.92. The quantitative estimate of drug-likeness (QED) is 0.315. The van der Waals surface area contributed by atoms with Crippen LogP contribution in [0.4, 0.5) is 10.1 Å². The second-order valence-corrected chi connectivity index (χ2v) is 12.1. The van der Waals surface area contributed by atoms with Crippen molar-refractivity contribution >= 4 is 39.1 Å². The molecule has 0 spiro atoms. The zero-order valence-corrected chi connectivity index (χ0v) is 24.9. The number of benzene rings is 3. The summed E-state index contributed by atoms with van der Waals surface area (Å²) in [6.45, 7) is 8.05. The molecule has 1 N–H and O–H groups in total. The number of aryl methyl sites for hydroxylation is 2. The van der Waals surface area contributed by atoms with Gasteiger partial charge in [-0.25, -0.2) is 12.8 Å². The molecule has 2 amide bonds. The molecule has 2 unspecified atom stereocenters. The van der Waals surface area contributed by atoms with Crippen molar-refractivity contribution < 1.29 is 22.4 Å². The van der Waals surface area contributed by atoms with Gasteiger partial charge in [0.25, 0.3) is 10.0 Å². The molecule has 3 rings (SSSR count). The third-order valence-corrected chi connectivity index (χ3v) is 8.99. The van der Waals surface area contributed by atoms with Gasteiger partial charge >= 0.3 is 0 Å². The molecule has 0 heterocycles. The number of amides is 2. The number of hydrogen-bond acceptors (Lipinski definition) is 4. The van der Waals surface area contributed by atoms with Gasteiger partial charge in [0.15, 0.2) is 0 Å². The van der Waals surface area contributed by atoms with Gasteiger partial charge in [0.05, 0.1) is 10.6 Å². The van der Waals surface area contributed by atoms with Gasteiger partial charge in [0.1, 0.15) is 18.4 Å². The van der Waals surface area contributed by atoms with Gasteiger partial charge in [-0.2, -0.15) is 0 Å². The highest BCUT2D eigenvalue weighted by Crippen LogP contribution is 2.29. The van der Waals surface area contributed by atoms with Crippen LogP contribution < -0.4 is 9.62 Å². The highest BCUT2D eigenvalue weighted by Gasteiger charge is 2.33. The SMILES string of the molecule is CCC(C)NC(=O)C(C)N(Cc1ccccc1F)C(=O)CN(c1ccc(C)c(Cl)c1)S(=O)(=O)c1ccc(C)cc1. The smallest absolute Gasteiger partial charge is 0.264 e. The molecule has 0 bridgehead atoms. The first kappa shape index (κ1) is 31.1. The Morgan fingerprint density at radius 3 is 2.25 bits per heavy atom. The maximum atomic E-state index is 14.6. The van der Waals surface area contributed by atoms with Gasteiger partial charge in [0.2, 0.25) is 11.8 Å². The number of rotatable bonds is 11. The normalized spacial score (nSPS) is 12.9. The van der Waals surface area contributed by atoms with E-state index in [4.69, 9.17) is 11.6 Å². The van der Waals surface area contributed by atoms with Gasteiger partial charge in [-0.3, -0.25) is 13.9 Å². The van der Waals surface area contributed by atoms with E-state index < -0.39 is 40.2 Å². The second-order valence-electron chi connectivity index (χ2n) is 9.87. The van der Waals surface area contributed by atoms with Gasteiger partial charge < -0.3 is 10.2 Å². The summed E-state index contributed by atoms with van der Waals surface area (Å²) in [6.07, 6.45) is 0.677. The molecule has 0 radical (unpaired) electrons. The highest BCUT2D eigenvalue weighted by molar-refractivity contribution is 7.92. The van der Waals surface area contributed by atoms with Crippen molar-refractivity contribution in [2.24, 2.45) is 0 Å². The molecule has 0 saturated carbocycles. The Hall–Kier alpha value is -3.43. The summed E-state index contributed by atoms with van der Waals surface area (Å²) in [5.74, 6) is -1.64. The van der Waals surface area contributed by atoms with Crippen LogP contribution in [0.5, 0.6) is 0 Å². The number of carbonyl (C=O) groups is 2. The molecule has 3 aromatic rings. The Morgan fingerprint density at radius 1 is 1.00 bits per heavy atom. The van der Waals surface area contributed by atoms with Gasteiger partial charge in [-0.05, 0) is 70.0 Å². The van der Waals surface area contributed by atoms with Gasteiger partial charge in [-0.1, -0.05) is 60.5 Å². The third-order valence-electron chi connectivity index (χ3n) is 6.80. The van der Waals surface area contributed by atoms with Crippen LogP contribution in [0.15, 0.2) is 71.6 Å². The Kier molecular flexibility index (Phi) is 10.3. The van der Waals surface area contributed by atoms with Crippen LogP contribution in [0.1, 0.15) is 43.9 Å². The maximum absolute atomic E-state index is 14.6. The standard InChI is InChI=1S/C30H35ClFN3O4S/c1-6-22(4)33-30(37)23(5)34(18-24-9-7-8-10-28(24)32)29(36)19-35(25-14-13-21(3)27(31)17-25)40(38,39)26-15-11-20(2)12-16-26/h7-17,22-23H,6,18-19H2,1-5H3,(H,33,37). The Balaban J connectivity index is 2.06. The number of halogens is 2. The average molecular weight is 588 g/mol. The first-order valence-corrected chi connectivity index (χ1v) is 14.9. The Morgan fingerprint density at radius 2 is 1.65 bits per heavy atom. The predicted molar refractivity (Wildman–Crippen MR) is 156 cm³/mol. The maximum Gasteiger partial charge on any atom is 0.264 e. The topological polar surface area (TPSA) is 86.8 Å². The number of nitrogens with one attached hydrogen (secondary N) is 1. The van der Waals surface area contributed by atoms with Crippen molar-refractivity contribution in [1.29, 1.82) is 0 Å². The van der Waals surface area contributed by atoms with E-state index in [1.165, 1.54) is 48.2 Å². The minimum absolute atomic E-state index is 0.00851. The molecular weight excluding hydrogens is 553 g/mol. The Bertz CT molecular complexity index is 1460. The predicted octanol–water partition coefficient (Wildman–Crippen LogP) is 5.62. The van der Waals surface area contributed by atoms with Crippen LogP contribution in [0.25, 0.3) is 0 Å². The fraction of sp³-hybridized carbons (Fsp3) is 0.333. The third kappa shape index (κ3) is 7.40. The summed E-state index contributed by atoms with van der Waals surface area (Å²) < 4.78 is 43.4. The number of sulfonamides is 1. The number of nitrogens with zero attached hydrogens (tertiary/aromatic N) is 2. The molecule has 0 aromatic heterocycles. The summed E-state index contributed by atoms with van der Waals surface area (Å²) in [4.78, 5) is 28.2. The summed E-state index contributed by atoms with van der Waals surface area (Å²) in [7, 11) is -4.23. The lowest BCUT2D eigenvalue weighted by atomic mass is 10.1. The van der Waals surface area contributed by atoms with Crippen molar-refractivity contribution in [2.45, 2.75) is 64.6 Å². The van der Waals surface area contributed by atoms with Gasteiger partial charge in [0, 0.05) is 23.2 Å². The van der Waals surface area contributed by atoms with Crippen LogP contribution in [-0.2, 0) is 26.2 Å². The van der Waals surface area contributed by atoms with E-state index in [1.54, 1.807) is 37.3 Å². The van der Waals surface area contributed by atoms with Crippen molar-refractivity contribution in [3.05, 3.63) is 94.3 Å². The van der Waals surface area contributed by atoms with Crippen molar-refractivity contribution in [3.8, 4) is 0 Å². The molecule has 0 fully saturated rings. The molecule has 0 aliphatic rings. The van der Waals surface area contributed by atoms with Crippen LogP contribution in [0, 0.1) is 19.7 Å². The monoisotopic (exact) mass is 587 g/mol. The number of carbonyl (C=O) groups excluding carboxylic acids is 2. The van der Waals surface area contributed by atoms with Crippen LogP contribution in [0.2, 0.25) is 5.02 Å². The molecular formula is C30H35ClFN3O4S. The van der Waals surface area contributed by atoms with E-state index in [1.807, 2.05) is 20.8 Å². The zero-order valence-electron chi connectivity index (χ0n) is 23.3. The van der Waals surface area contributed by atoms with Crippen LogP contribution in [-0.4, -0.2) is 43.8 Å². The first-order valence-electron chi connectivity index (χ1n) is 13.0. The highest BCUT2D eigenvalue weighted by atomic mass is 35.5. The van der Waals surface area contributed by atoms with Crippen molar-refractivity contribution in [1.82, 2.24) is 10.2 Å². The molecule has 10 heteroatoms. The minimum atomic E-state index is -4.23. The molecule has 2 atom stereocenters. The van der Waals surface area contributed by atoms with Crippen molar-refractivity contribution in [3.63, 3.8) is 0 Å². The van der Waals surface area contributed by atoms with E-state index >= 15 is 0 Å². The molecule has 3 aromatic carbocycles. The van der Waals surface area contributed by atoms with Gasteiger partial charge in [-0.15, -0.1) is 0 Å². The summed E-state index contributed by atoms with van der Waals surface area (Å²) in [5.41, 5.74) is 2.00. The summed E-state index contributed by atoms with van der Waals surface area (Å²) in [5, 5.41) is 3.18. The molecule has 0 aliphatic heterocycles. The van der Waals surface area contributed by atoms with Crippen LogP contribution >= 0.6 is 11.6 Å². The molecule has 40 heavy (non-hydrogen) atoms. The number of hydrogen-bond donors (Lipinski definition) is 1. The second kappa shape index (κ2) is 13.3. The largest absolute Gasteiger partial charge is 0.352 e. The van der Waals surface area contributed by atoms with E-state index in [9.17, 15) is 22.4 Å². The zero-order chi connectivity index (χ0) is 29.6. The fourth-order valence-corrected chi connectivity index (χ4v) is 5.54. The van der Waals surface area contributed by atoms with E-state index in [2.05, 4.69) is 5.32 Å². The van der Waals surface area contributed by atoms with Crippen LogP contribution in [0.3, 0.4) is 0 Å². The minimum Gasteiger partial charge on any atom is -0.352 e. The van der Waals surface area contributed by atoms with E-state index in [0.29, 0.717) is 11.4 Å². The molecule has 0 aliphatic carbocycles. The molecule has 7 nitrogen and oxygen atoms in total. The Labute approximate surface area is 241 Å². The van der Waals surface area contributed by atoms with Crippen molar-refractivity contribution in [2.75, 3.05) is 10.8 Å². The molecule has 0 saturated heterocycles. The summed E-state index contributed by atoms with van der Waals surface area (Å²) in [6, 6.07) is 15.8. The number of anilines is 1. The fourth-order valence-electron chi connectivity index (χ4n) is 3.96. The lowest BCUT2D eigenvalue weighted by Crippen LogP contribution is -2.52. The summed E-state index contributed by atoms with van der Waals surface area (Å²) >= 11 is 6.34. The van der Waals surface area contributed by atoms with E-state index in [-0.39, 0.29) is 28.7 Å². The first-order chi connectivity index (χ1) is 18.8. The van der Waals surface area contributed by atoms with E-state index in [0.717, 1.165) is 15.4 Å². The lowest BCUT2D eigenvalue weighted by Gasteiger charge is -2.32. The lowest BCUT2D eigenvalue weighted by molar-refractivity contribution is -0.139.